The molecule has 1 atom stereocenters. The van der Waals surface area contributed by atoms with Crippen molar-refractivity contribution in [3.05, 3.63) is 64.7 Å². The number of fused-ring (bicyclic) bond motifs is 1. The molecule has 0 saturated carbocycles. The van der Waals surface area contributed by atoms with E-state index in [4.69, 9.17) is 9.47 Å². The summed E-state index contributed by atoms with van der Waals surface area (Å²) in [7, 11) is 0. The largest absolute Gasteiger partial charge is 0.467 e. The van der Waals surface area contributed by atoms with Gasteiger partial charge in [-0.3, -0.25) is 4.79 Å². The van der Waals surface area contributed by atoms with Gasteiger partial charge < -0.3 is 14.8 Å². The van der Waals surface area contributed by atoms with E-state index in [-0.39, 0.29) is 17.9 Å². The van der Waals surface area contributed by atoms with E-state index >= 15 is 0 Å². The van der Waals surface area contributed by atoms with Gasteiger partial charge >= 0.3 is 0 Å². The maximum Gasteiger partial charge on any atom is 0.252 e. The van der Waals surface area contributed by atoms with Gasteiger partial charge in [0, 0.05) is 22.8 Å². The van der Waals surface area contributed by atoms with Crippen molar-refractivity contribution >= 4 is 5.91 Å². The molecule has 0 bridgehead atoms. The van der Waals surface area contributed by atoms with Crippen molar-refractivity contribution in [3.8, 4) is 11.8 Å². The average Bonchev–Trinajstić information content (AvgIpc) is 2.59. The number of hydrogen-bond acceptors (Lipinski definition) is 4. The van der Waals surface area contributed by atoms with Crippen LogP contribution in [0.5, 0.6) is 5.75 Å². The number of hydrogen-bond donors (Lipinski definition) is 1. The average molecular weight is 330 g/mol. The Hall–Kier alpha value is -2.98. The van der Waals surface area contributed by atoms with E-state index in [1.807, 2.05) is 0 Å². The number of nitrogens with one attached hydrogen (secondary N) is 1. The molecule has 1 amide bonds. The van der Waals surface area contributed by atoms with Crippen LogP contribution in [0.2, 0.25) is 0 Å². The summed E-state index contributed by atoms with van der Waals surface area (Å²) >= 11 is 0. The lowest BCUT2D eigenvalue weighted by Gasteiger charge is -2.18. The van der Waals surface area contributed by atoms with E-state index in [1.54, 1.807) is 18.2 Å². The number of nitriles is 1. The Bertz CT molecular complexity index is 833. The Morgan fingerprint density at radius 2 is 2.08 bits per heavy atom. The molecule has 0 aliphatic carbocycles. The molecular weight excluding hydrogens is 318 g/mol. The summed E-state index contributed by atoms with van der Waals surface area (Å²) in [6.45, 7) is 0.462. The first-order valence-electron chi connectivity index (χ1n) is 7.07. The quantitative estimate of drug-likeness (QED) is 0.939. The summed E-state index contributed by atoms with van der Waals surface area (Å²) in [6.07, 6.45) is 0. The van der Waals surface area contributed by atoms with Gasteiger partial charge in [-0.15, -0.1) is 0 Å². The number of carbonyl (C=O) groups excluding carboxylic acids is 1. The molecular formula is C17H12F2N2O3. The van der Waals surface area contributed by atoms with Gasteiger partial charge in [0.15, 0.2) is 6.79 Å². The van der Waals surface area contributed by atoms with Gasteiger partial charge in [0.05, 0.1) is 12.7 Å². The Balaban J connectivity index is 1.81. The van der Waals surface area contributed by atoms with E-state index in [0.29, 0.717) is 24.0 Å². The number of ether oxygens (including phenoxy) is 2. The molecule has 1 heterocycles. The molecule has 0 radical (unpaired) electrons. The molecule has 7 heteroatoms. The zero-order valence-corrected chi connectivity index (χ0v) is 12.4. The van der Waals surface area contributed by atoms with Crippen molar-refractivity contribution in [2.75, 3.05) is 6.79 Å². The predicted octanol–water partition coefficient (Wildman–Crippen LogP) is 2.83. The Morgan fingerprint density at radius 3 is 2.83 bits per heavy atom. The van der Waals surface area contributed by atoms with Crippen LogP contribution in [0.3, 0.4) is 0 Å². The highest BCUT2D eigenvalue weighted by Crippen LogP contribution is 2.25. The molecule has 0 saturated heterocycles. The highest BCUT2D eigenvalue weighted by molar-refractivity contribution is 5.95. The third-order valence-electron chi connectivity index (χ3n) is 3.56. The van der Waals surface area contributed by atoms with Crippen LogP contribution in [0.15, 0.2) is 36.4 Å². The minimum absolute atomic E-state index is 0.100. The number of benzene rings is 2. The van der Waals surface area contributed by atoms with Crippen LogP contribution >= 0.6 is 0 Å². The second-order valence-corrected chi connectivity index (χ2v) is 5.13. The topological polar surface area (TPSA) is 71.4 Å². The Morgan fingerprint density at radius 1 is 1.25 bits per heavy atom. The van der Waals surface area contributed by atoms with Gasteiger partial charge in [-0.25, -0.2) is 8.78 Å². The van der Waals surface area contributed by atoms with E-state index in [9.17, 15) is 18.8 Å². The van der Waals surface area contributed by atoms with E-state index < -0.39 is 23.6 Å². The fourth-order valence-electron chi connectivity index (χ4n) is 2.36. The molecule has 2 aromatic rings. The normalized spacial score (nSPS) is 14.0. The standard InChI is InChI=1S/C17H12F2N2O3/c18-12-2-3-13(14(19)6-12)15(7-20)21-17(22)10-1-4-16-11(5-10)8-23-9-24-16/h1-6,15H,8-9H2,(H,21,22). The minimum atomic E-state index is -1.23. The molecule has 1 N–H and O–H groups in total. The molecule has 1 aliphatic rings. The second-order valence-electron chi connectivity index (χ2n) is 5.13. The molecule has 0 fully saturated rings. The molecule has 1 aliphatic heterocycles. The summed E-state index contributed by atoms with van der Waals surface area (Å²) in [5.41, 5.74) is 0.887. The van der Waals surface area contributed by atoms with E-state index in [2.05, 4.69) is 5.32 Å². The van der Waals surface area contributed by atoms with Crippen molar-refractivity contribution in [3.63, 3.8) is 0 Å². The van der Waals surface area contributed by atoms with E-state index in [0.717, 1.165) is 12.1 Å². The maximum absolute atomic E-state index is 13.8. The third-order valence-corrected chi connectivity index (χ3v) is 3.56. The molecule has 2 aromatic carbocycles. The van der Waals surface area contributed by atoms with E-state index in [1.165, 1.54) is 6.07 Å². The molecule has 5 nitrogen and oxygen atoms in total. The number of halogens is 2. The van der Waals surface area contributed by atoms with Gasteiger partial charge in [-0.05, 0) is 24.3 Å². The lowest BCUT2D eigenvalue weighted by atomic mass is 10.1. The van der Waals surface area contributed by atoms with Crippen LogP contribution in [0.1, 0.15) is 27.5 Å². The molecule has 1 unspecified atom stereocenters. The first kappa shape index (κ1) is 15.9. The fourth-order valence-corrected chi connectivity index (χ4v) is 2.36. The first-order chi connectivity index (χ1) is 11.6. The number of carbonyl (C=O) groups is 1. The molecule has 3 rings (SSSR count). The molecule has 0 spiro atoms. The number of amides is 1. The maximum atomic E-state index is 13.8. The lowest BCUT2D eigenvalue weighted by molar-refractivity contribution is -0.0163. The third kappa shape index (κ3) is 3.19. The van der Waals surface area contributed by atoms with Crippen LogP contribution < -0.4 is 10.1 Å². The SMILES string of the molecule is N#CC(NC(=O)c1ccc2c(c1)COCO2)c1ccc(F)cc1F. The first-order valence-corrected chi connectivity index (χ1v) is 7.07. The van der Waals surface area contributed by atoms with Gasteiger partial charge in [-0.2, -0.15) is 5.26 Å². The van der Waals surface area contributed by atoms with Crippen LogP contribution in [-0.4, -0.2) is 12.7 Å². The lowest BCUT2D eigenvalue weighted by Crippen LogP contribution is -2.28. The van der Waals surface area contributed by atoms with Gasteiger partial charge in [0.2, 0.25) is 0 Å². The van der Waals surface area contributed by atoms with Gasteiger partial charge in [-0.1, -0.05) is 6.07 Å². The number of rotatable bonds is 3. The highest BCUT2D eigenvalue weighted by atomic mass is 19.1. The summed E-state index contributed by atoms with van der Waals surface area (Å²) in [5.74, 6) is -1.58. The van der Waals surface area contributed by atoms with Crippen LogP contribution in [0, 0.1) is 23.0 Å². The predicted molar refractivity (Wildman–Crippen MR) is 78.9 cm³/mol. The van der Waals surface area contributed by atoms with Gasteiger partial charge in [0.25, 0.3) is 5.91 Å². The summed E-state index contributed by atoms with van der Waals surface area (Å²) < 4.78 is 37.2. The van der Waals surface area contributed by atoms with Crippen LogP contribution in [-0.2, 0) is 11.3 Å². The van der Waals surface area contributed by atoms with Crippen molar-refractivity contribution in [2.24, 2.45) is 0 Å². The summed E-state index contributed by atoms with van der Waals surface area (Å²) in [4.78, 5) is 12.3. The smallest absolute Gasteiger partial charge is 0.252 e. The molecule has 122 valence electrons. The summed E-state index contributed by atoms with van der Waals surface area (Å²) in [5, 5.41) is 11.6. The molecule has 0 aromatic heterocycles. The fraction of sp³-hybridized carbons (Fsp3) is 0.176. The van der Waals surface area contributed by atoms with Crippen molar-refractivity contribution in [1.29, 1.82) is 5.26 Å². The Kier molecular flexibility index (Phi) is 4.40. The van der Waals surface area contributed by atoms with Crippen LogP contribution in [0.25, 0.3) is 0 Å². The number of nitrogens with zero attached hydrogens (tertiary/aromatic N) is 1. The van der Waals surface area contributed by atoms with Crippen LogP contribution in [0.4, 0.5) is 8.78 Å². The summed E-state index contributed by atoms with van der Waals surface area (Å²) in [6, 6.07) is 8.14. The highest BCUT2D eigenvalue weighted by Gasteiger charge is 2.20. The van der Waals surface area contributed by atoms with Crippen molar-refractivity contribution in [1.82, 2.24) is 5.32 Å². The van der Waals surface area contributed by atoms with Crippen molar-refractivity contribution in [2.45, 2.75) is 12.6 Å². The Labute approximate surface area is 136 Å². The monoisotopic (exact) mass is 330 g/mol. The zero-order chi connectivity index (χ0) is 17.1. The minimum Gasteiger partial charge on any atom is -0.467 e. The zero-order valence-electron chi connectivity index (χ0n) is 12.4. The molecule has 24 heavy (non-hydrogen) atoms. The van der Waals surface area contributed by atoms with Gasteiger partial charge in [0.1, 0.15) is 23.4 Å². The second kappa shape index (κ2) is 6.64. The van der Waals surface area contributed by atoms with Crippen molar-refractivity contribution < 1.29 is 23.0 Å².